The van der Waals surface area contributed by atoms with Gasteiger partial charge >= 0.3 is 5.97 Å². The third-order valence-corrected chi connectivity index (χ3v) is 5.07. The van der Waals surface area contributed by atoms with Crippen LogP contribution in [-0.2, 0) is 16.0 Å². The molecule has 146 valence electrons. The van der Waals surface area contributed by atoms with Crippen LogP contribution in [0.3, 0.4) is 0 Å². The van der Waals surface area contributed by atoms with Gasteiger partial charge in [-0.1, -0.05) is 54.7 Å². The zero-order chi connectivity index (χ0) is 19.8. The van der Waals surface area contributed by atoms with Gasteiger partial charge in [-0.15, -0.1) is 0 Å². The molecule has 0 aliphatic carbocycles. The number of piperidine rings is 1. The van der Waals surface area contributed by atoms with E-state index >= 15 is 0 Å². The van der Waals surface area contributed by atoms with Crippen molar-refractivity contribution in [3.8, 4) is 11.8 Å². The van der Waals surface area contributed by atoms with Crippen molar-refractivity contribution in [1.29, 1.82) is 0 Å². The molecule has 0 spiro atoms. The normalized spacial score (nSPS) is 19.1. The molecule has 0 radical (unpaired) electrons. The maximum absolute atomic E-state index is 11.6. The first-order valence-electron chi connectivity index (χ1n) is 9.93. The molecule has 0 N–H and O–H groups in total. The Balaban J connectivity index is 1.73. The maximum atomic E-state index is 11.6. The molecule has 3 rings (SSSR count). The van der Waals surface area contributed by atoms with Crippen LogP contribution in [0.5, 0.6) is 0 Å². The minimum atomic E-state index is -0.827. The number of aromatic nitrogens is 1. The summed E-state index contributed by atoms with van der Waals surface area (Å²) in [7, 11) is 0. The largest absolute Gasteiger partial charge is 0.446 e. The van der Waals surface area contributed by atoms with Gasteiger partial charge in [0.1, 0.15) is 0 Å². The summed E-state index contributed by atoms with van der Waals surface area (Å²) in [5.74, 6) is 6.24. The first-order chi connectivity index (χ1) is 13.6. The van der Waals surface area contributed by atoms with E-state index in [1.54, 1.807) is 0 Å². The highest BCUT2D eigenvalue weighted by Crippen LogP contribution is 2.29. The van der Waals surface area contributed by atoms with Crippen molar-refractivity contribution in [2.24, 2.45) is 0 Å². The van der Waals surface area contributed by atoms with Gasteiger partial charge in [-0.25, -0.2) is 0 Å². The molecule has 1 saturated heterocycles. The standard InChI is InChI=1S/C24H28N2O2/c1-20(27)28-24(2,18-21-10-4-3-5-11-21)14-9-17-26-16-7-6-13-23(26)22-12-8-15-25-19-22/h3-5,8,10-12,15,19,23H,6-7,13,16-18H2,1-2H3/t23-,24+/m0/s1. The molecule has 2 atom stereocenters. The molecule has 28 heavy (non-hydrogen) atoms. The van der Waals surface area contributed by atoms with Gasteiger partial charge in [0.05, 0.1) is 6.54 Å². The highest BCUT2D eigenvalue weighted by Gasteiger charge is 2.27. The highest BCUT2D eigenvalue weighted by atomic mass is 16.6. The summed E-state index contributed by atoms with van der Waals surface area (Å²) in [6.07, 6.45) is 7.87. The van der Waals surface area contributed by atoms with Gasteiger partial charge in [-0.3, -0.25) is 14.7 Å². The molecule has 0 saturated carbocycles. The number of pyridine rings is 1. The van der Waals surface area contributed by atoms with Crippen molar-refractivity contribution in [1.82, 2.24) is 9.88 Å². The van der Waals surface area contributed by atoms with Gasteiger partial charge in [0.25, 0.3) is 0 Å². The van der Waals surface area contributed by atoms with Crippen LogP contribution in [0.4, 0.5) is 0 Å². The van der Waals surface area contributed by atoms with Crippen molar-refractivity contribution in [3.63, 3.8) is 0 Å². The molecular weight excluding hydrogens is 348 g/mol. The lowest BCUT2D eigenvalue weighted by molar-refractivity contribution is -0.150. The Hall–Kier alpha value is -2.64. The van der Waals surface area contributed by atoms with Crippen molar-refractivity contribution in [2.75, 3.05) is 13.1 Å². The predicted molar refractivity (Wildman–Crippen MR) is 110 cm³/mol. The summed E-state index contributed by atoms with van der Waals surface area (Å²) >= 11 is 0. The zero-order valence-corrected chi connectivity index (χ0v) is 16.7. The molecule has 0 amide bonds. The van der Waals surface area contributed by atoms with E-state index in [4.69, 9.17) is 4.74 Å². The molecule has 2 aromatic rings. The van der Waals surface area contributed by atoms with Crippen LogP contribution in [0.1, 0.15) is 50.3 Å². The first-order valence-corrected chi connectivity index (χ1v) is 9.93. The van der Waals surface area contributed by atoms with E-state index in [1.807, 2.05) is 55.7 Å². The van der Waals surface area contributed by atoms with E-state index < -0.39 is 5.60 Å². The fourth-order valence-electron chi connectivity index (χ4n) is 3.87. The van der Waals surface area contributed by atoms with Crippen molar-refractivity contribution in [2.45, 2.75) is 51.2 Å². The quantitative estimate of drug-likeness (QED) is 0.580. The van der Waals surface area contributed by atoms with E-state index in [2.05, 4.69) is 27.8 Å². The summed E-state index contributed by atoms with van der Waals surface area (Å²) in [5.41, 5.74) is 1.52. The van der Waals surface area contributed by atoms with Crippen molar-refractivity contribution < 1.29 is 9.53 Å². The first kappa shape index (κ1) is 20.1. The van der Waals surface area contributed by atoms with Gasteiger partial charge in [0.15, 0.2) is 5.60 Å². The SMILES string of the molecule is CC(=O)O[C@](C)(C#CCN1CCCC[C@H]1c1cccnc1)Cc1ccccc1. The lowest BCUT2D eigenvalue weighted by atomic mass is 9.95. The van der Waals surface area contributed by atoms with Gasteiger partial charge in [-0.05, 0) is 43.5 Å². The number of ether oxygens (including phenoxy) is 1. The molecule has 1 aromatic carbocycles. The van der Waals surface area contributed by atoms with Crippen LogP contribution in [0, 0.1) is 11.8 Å². The van der Waals surface area contributed by atoms with E-state index in [-0.39, 0.29) is 5.97 Å². The molecule has 0 bridgehead atoms. The van der Waals surface area contributed by atoms with Crippen molar-refractivity contribution >= 4 is 5.97 Å². The van der Waals surface area contributed by atoms with Crippen LogP contribution < -0.4 is 0 Å². The topological polar surface area (TPSA) is 42.4 Å². The van der Waals surface area contributed by atoms with E-state index in [9.17, 15) is 4.79 Å². The van der Waals surface area contributed by atoms with Crippen molar-refractivity contribution in [3.05, 3.63) is 66.0 Å². The Kier molecular flexibility index (Phi) is 6.84. The van der Waals surface area contributed by atoms with Gasteiger partial charge < -0.3 is 4.74 Å². The predicted octanol–water partition coefficient (Wildman–Crippen LogP) is 4.18. The van der Waals surface area contributed by atoms with Crippen LogP contribution in [0.15, 0.2) is 54.9 Å². The van der Waals surface area contributed by atoms with E-state index in [1.165, 1.54) is 25.3 Å². The lowest BCUT2D eigenvalue weighted by Gasteiger charge is -2.34. The lowest BCUT2D eigenvalue weighted by Crippen LogP contribution is -2.35. The third-order valence-electron chi connectivity index (χ3n) is 5.07. The second kappa shape index (κ2) is 9.52. The summed E-state index contributed by atoms with van der Waals surface area (Å²) in [6.45, 7) is 5.01. The summed E-state index contributed by atoms with van der Waals surface area (Å²) < 4.78 is 5.60. The van der Waals surface area contributed by atoms with Crippen LogP contribution in [0.2, 0.25) is 0 Å². The average molecular weight is 377 g/mol. The maximum Gasteiger partial charge on any atom is 0.304 e. The number of hydrogen-bond acceptors (Lipinski definition) is 4. The zero-order valence-electron chi connectivity index (χ0n) is 16.7. The van der Waals surface area contributed by atoms with E-state index in [0.717, 1.165) is 18.5 Å². The third kappa shape index (κ3) is 5.68. The monoisotopic (exact) mass is 376 g/mol. The summed E-state index contributed by atoms with van der Waals surface area (Å²) in [4.78, 5) is 18.3. The molecule has 4 heteroatoms. The fourth-order valence-corrected chi connectivity index (χ4v) is 3.87. The van der Waals surface area contributed by atoms with Gasteiger partial charge in [-0.2, -0.15) is 0 Å². The summed E-state index contributed by atoms with van der Waals surface area (Å²) in [6, 6.07) is 14.5. The molecule has 1 aromatic heterocycles. The second-order valence-electron chi connectivity index (χ2n) is 7.56. The highest BCUT2D eigenvalue weighted by molar-refractivity contribution is 5.67. The molecular formula is C24H28N2O2. The van der Waals surface area contributed by atoms with Crippen LogP contribution in [-0.4, -0.2) is 34.5 Å². The second-order valence-corrected chi connectivity index (χ2v) is 7.56. The number of carbonyl (C=O) groups excluding carboxylic acids is 1. The number of rotatable bonds is 5. The molecule has 4 nitrogen and oxygen atoms in total. The minimum absolute atomic E-state index is 0.307. The molecule has 2 heterocycles. The molecule has 1 aliphatic rings. The number of benzene rings is 1. The minimum Gasteiger partial charge on any atom is -0.446 e. The Morgan fingerprint density at radius 3 is 2.79 bits per heavy atom. The number of likely N-dealkylation sites (tertiary alicyclic amines) is 1. The Bertz CT molecular complexity index is 826. The fraction of sp³-hybridized carbons (Fsp3) is 0.417. The van der Waals surface area contributed by atoms with E-state index in [0.29, 0.717) is 19.0 Å². The number of nitrogens with zero attached hydrogens (tertiary/aromatic N) is 2. The van der Waals surface area contributed by atoms with Crippen LogP contribution >= 0.6 is 0 Å². The van der Waals surface area contributed by atoms with Gasteiger partial charge in [0, 0.05) is 31.8 Å². The Labute approximate surface area is 167 Å². The van der Waals surface area contributed by atoms with Gasteiger partial charge in [0.2, 0.25) is 0 Å². The molecule has 1 fully saturated rings. The molecule has 1 aliphatic heterocycles. The average Bonchev–Trinajstić information content (AvgIpc) is 2.69. The summed E-state index contributed by atoms with van der Waals surface area (Å²) in [5, 5.41) is 0. The number of hydrogen-bond donors (Lipinski definition) is 0. The van der Waals surface area contributed by atoms with Crippen LogP contribution in [0.25, 0.3) is 0 Å². The Morgan fingerprint density at radius 2 is 2.07 bits per heavy atom. The number of esters is 1. The smallest absolute Gasteiger partial charge is 0.304 e. The number of carbonyl (C=O) groups is 1. The molecule has 0 unspecified atom stereocenters. The Morgan fingerprint density at radius 1 is 1.25 bits per heavy atom.